The number of methoxy groups -OCH3 is 1. The molecular weight excluding hydrogens is 296 g/mol. The van der Waals surface area contributed by atoms with Crippen molar-refractivity contribution in [1.82, 2.24) is 9.80 Å². The highest BCUT2D eigenvalue weighted by atomic mass is 16.5. The number of aliphatic hydroxyl groups excluding tert-OH is 1. The Morgan fingerprint density at radius 1 is 1.26 bits per heavy atom. The van der Waals surface area contributed by atoms with Crippen LogP contribution in [0, 0.1) is 5.41 Å². The summed E-state index contributed by atoms with van der Waals surface area (Å²) in [5.74, 6) is 0.107. The third kappa shape index (κ3) is 4.91. The number of piperidine rings is 1. The molecule has 1 N–H and O–H groups in total. The van der Waals surface area contributed by atoms with Gasteiger partial charge in [-0.05, 0) is 32.1 Å². The van der Waals surface area contributed by atoms with E-state index < -0.39 is 0 Å². The number of likely N-dealkylation sites (tertiary alicyclic amines) is 2. The van der Waals surface area contributed by atoms with Crippen molar-refractivity contribution in [1.29, 1.82) is 0 Å². The summed E-state index contributed by atoms with van der Waals surface area (Å²) in [6.45, 7) is 2.82. The van der Waals surface area contributed by atoms with Crippen LogP contribution in [0.4, 0.5) is 0 Å². The van der Waals surface area contributed by atoms with Crippen molar-refractivity contribution in [3.63, 3.8) is 0 Å². The number of rotatable bonds is 6. The zero-order chi connectivity index (χ0) is 16.7. The highest BCUT2D eigenvalue weighted by Crippen LogP contribution is 2.33. The molecule has 0 aliphatic carbocycles. The Balaban J connectivity index is 1.94. The standard InChI is InChI=1S/C17H30N2O4/c1-23-11-8-17(14-20)7-5-10-19(13-17)16(22)12-18-9-4-2-3-6-15(18)21/h20H,2-14H2,1H3/t17-/m1/s1. The number of carbonyl (C=O) groups excluding carboxylic acids is 2. The maximum Gasteiger partial charge on any atom is 0.242 e. The fourth-order valence-electron chi connectivity index (χ4n) is 3.62. The molecule has 132 valence electrons. The molecule has 0 aromatic rings. The van der Waals surface area contributed by atoms with Gasteiger partial charge in [0.15, 0.2) is 0 Å². The first-order valence-electron chi connectivity index (χ1n) is 8.75. The smallest absolute Gasteiger partial charge is 0.242 e. The number of aliphatic hydroxyl groups is 1. The van der Waals surface area contributed by atoms with Crippen molar-refractivity contribution in [3.8, 4) is 0 Å². The van der Waals surface area contributed by atoms with Gasteiger partial charge in [-0.3, -0.25) is 9.59 Å². The third-order valence-electron chi connectivity index (χ3n) is 5.18. The lowest BCUT2D eigenvalue weighted by Crippen LogP contribution is -2.51. The van der Waals surface area contributed by atoms with E-state index in [1.54, 1.807) is 12.0 Å². The SMILES string of the molecule is COCC[C@]1(CO)CCCN(C(=O)CN2CCCCCC2=O)C1. The van der Waals surface area contributed by atoms with Crippen LogP contribution in [0.2, 0.25) is 0 Å². The summed E-state index contributed by atoms with van der Waals surface area (Å²) in [6, 6.07) is 0. The topological polar surface area (TPSA) is 70.1 Å². The molecule has 2 heterocycles. The molecule has 6 heteroatoms. The van der Waals surface area contributed by atoms with Crippen LogP contribution in [0.5, 0.6) is 0 Å². The van der Waals surface area contributed by atoms with Crippen LogP contribution in [0.1, 0.15) is 44.9 Å². The summed E-state index contributed by atoms with van der Waals surface area (Å²) < 4.78 is 5.15. The van der Waals surface area contributed by atoms with Gasteiger partial charge in [0.1, 0.15) is 0 Å². The van der Waals surface area contributed by atoms with Gasteiger partial charge < -0.3 is 19.6 Å². The second kappa shape index (κ2) is 8.64. The lowest BCUT2D eigenvalue weighted by molar-refractivity contribution is -0.143. The number of amides is 2. The molecule has 0 saturated carbocycles. The van der Waals surface area contributed by atoms with E-state index in [0.717, 1.165) is 45.1 Å². The quantitative estimate of drug-likeness (QED) is 0.791. The molecule has 1 atom stereocenters. The molecule has 0 aromatic carbocycles. The lowest BCUT2D eigenvalue weighted by Gasteiger charge is -2.42. The summed E-state index contributed by atoms with van der Waals surface area (Å²) >= 11 is 0. The van der Waals surface area contributed by atoms with E-state index in [0.29, 0.717) is 26.1 Å². The monoisotopic (exact) mass is 326 g/mol. The van der Waals surface area contributed by atoms with Crippen LogP contribution >= 0.6 is 0 Å². The van der Waals surface area contributed by atoms with E-state index in [-0.39, 0.29) is 30.4 Å². The fraction of sp³-hybridized carbons (Fsp3) is 0.882. The predicted octanol–water partition coefficient (Wildman–Crippen LogP) is 1.03. The van der Waals surface area contributed by atoms with Gasteiger partial charge in [0.05, 0.1) is 13.2 Å². The van der Waals surface area contributed by atoms with Crippen molar-refractivity contribution >= 4 is 11.8 Å². The summed E-state index contributed by atoms with van der Waals surface area (Å²) in [5.41, 5.74) is -0.257. The minimum absolute atomic E-state index is 0.00944. The lowest BCUT2D eigenvalue weighted by atomic mass is 9.78. The predicted molar refractivity (Wildman–Crippen MR) is 86.9 cm³/mol. The van der Waals surface area contributed by atoms with Crippen LogP contribution in [0.3, 0.4) is 0 Å². The average Bonchev–Trinajstić information content (AvgIpc) is 2.78. The zero-order valence-electron chi connectivity index (χ0n) is 14.3. The maximum atomic E-state index is 12.6. The second-order valence-electron chi connectivity index (χ2n) is 6.95. The number of carbonyl (C=O) groups is 2. The molecule has 0 spiro atoms. The van der Waals surface area contributed by atoms with E-state index in [1.165, 1.54) is 0 Å². The Kier molecular flexibility index (Phi) is 6.84. The minimum Gasteiger partial charge on any atom is -0.396 e. The van der Waals surface area contributed by atoms with Crippen molar-refractivity contribution in [2.24, 2.45) is 5.41 Å². The van der Waals surface area contributed by atoms with Gasteiger partial charge in [-0.15, -0.1) is 0 Å². The highest BCUT2D eigenvalue weighted by Gasteiger charge is 2.37. The van der Waals surface area contributed by atoms with Crippen LogP contribution in [0.25, 0.3) is 0 Å². The van der Waals surface area contributed by atoms with Crippen LogP contribution < -0.4 is 0 Å². The normalized spacial score (nSPS) is 26.3. The maximum absolute atomic E-state index is 12.6. The number of nitrogens with zero attached hydrogens (tertiary/aromatic N) is 2. The first kappa shape index (κ1) is 18.2. The van der Waals surface area contributed by atoms with Gasteiger partial charge in [0.25, 0.3) is 0 Å². The Morgan fingerprint density at radius 2 is 2.09 bits per heavy atom. The van der Waals surface area contributed by atoms with Gasteiger partial charge in [0.2, 0.25) is 11.8 Å². The first-order chi connectivity index (χ1) is 11.1. The third-order valence-corrected chi connectivity index (χ3v) is 5.18. The fourth-order valence-corrected chi connectivity index (χ4v) is 3.62. The Morgan fingerprint density at radius 3 is 2.83 bits per heavy atom. The molecule has 2 saturated heterocycles. The molecule has 0 bridgehead atoms. The number of ether oxygens (including phenoxy) is 1. The van der Waals surface area contributed by atoms with E-state index >= 15 is 0 Å². The van der Waals surface area contributed by atoms with Gasteiger partial charge >= 0.3 is 0 Å². The number of hydrogen-bond donors (Lipinski definition) is 1. The van der Waals surface area contributed by atoms with Gasteiger partial charge in [-0.1, -0.05) is 6.42 Å². The van der Waals surface area contributed by atoms with E-state index in [4.69, 9.17) is 4.74 Å². The zero-order valence-corrected chi connectivity index (χ0v) is 14.3. The largest absolute Gasteiger partial charge is 0.396 e. The minimum atomic E-state index is -0.257. The average molecular weight is 326 g/mol. The van der Waals surface area contributed by atoms with Crippen LogP contribution in [-0.4, -0.2) is 73.2 Å². The van der Waals surface area contributed by atoms with Crippen molar-refractivity contribution in [3.05, 3.63) is 0 Å². The molecule has 0 unspecified atom stereocenters. The van der Waals surface area contributed by atoms with Crippen molar-refractivity contribution in [2.75, 3.05) is 46.5 Å². The summed E-state index contributed by atoms with van der Waals surface area (Å²) in [5, 5.41) is 9.81. The molecule has 0 aromatic heterocycles. The number of hydrogen-bond acceptors (Lipinski definition) is 4. The van der Waals surface area contributed by atoms with Gasteiger partial charge in [-0.2, -0.15) is 0 Å². The molecular formula is C17H30N2O4. The van der Waals surface area contributed by atoms with Crippen LogP contribution in [0.15, 0.2) is 0 Å². The molecule has 23 heavy (non-hydrogen) atoms. The Bertz CT molecular complexity index is 415. The van der Waals surface area contributed by atoms with Gasteiger partial charge in [0, 0.05) is 45.2 Å². The summed E-state index contributed by atoms with van der Waals surface area (Å²) in [7, 11) is 1.65. The molecule has 2 aliphatic heterocycles. The van der Waals surface area contributed by atoms with E-state index in [1.807, 2.05) is 4.90 Å². The highest BCUT2D eigenvalue weighted by molar-refractivity contribution is 5.85. The van der Waals surface area contributed by atoms with E-state index in [2.05, 4.69) is 0 Å². The molecule has 6 nitrogen and oxygen atoms in total. The Labute approximate surface area is 138 Å². The summed E-state index contributed by atoms with van der Waals surface area (Å²) in [4.78, 5) is 28.2. The van der Waals surface area contributed by atoms with E-state index in [9.17, 15) is 14.7 Å². The van der Waals surface area contributed by atoms with Gasteiger partial charge in [-0.25, -0.2) is 0 Å². The molecule has 2 fully saturated rings. The molecule has 2 aliphatic rings. The van der Waals surface area contributed by atoms with Crippen molar-refractivity contribution < 1.29 is 19.4 Å². The Hall–Kier alpha value is -1.14. The van der Waals surface area contributed by atoms with Crippen molar-refractivity contribution in [2.45, 2.75) is 44.9 Å². The second-order valence-corrected chi connectivity index (χ2v) is 6.95. The first-order valence-corrected chi connectivity index (χ1v) is 8.75. The molecule has 2 rings (SSSR count). The van der Waals surface area contributed by atoms with Crippen LogP contribution in [-0.2, 0) is 14.3 Å². The molecule has 2 amide bonds. The molecule has 0 radical (unpaired) electrons. The summed E-state index contributed by atoms with van der Waals surface area (Å²) in [6.07, 6.45) is 6.09.